The molecule has 9 heteroatoms. The lowest BCUT2D eigenvalue weighted by Crippen LogP contribution is -2.11. The van der Waals surface area contributed by atoms with Crippen molar-refractivity contribution in [2.75, 3.05) is 19.0 Å². The minimum absolute atomic E-state index is 0.0462. The molecule has 0 aromatic carbocycles. The van der Waals surface area contributed by atoms with Crippen LogP contribution in [0.1, 0.15) is 11.3 Å². The second-order valence-electron chi connectivity index (χ2n) is 4.44. The van der Waals surface area contributed by atoms with Gasteiger partial charge in [0.25, 0.3) is 6.43 Å². The van der Waals surface area contributed by atoms with Gasteiger partial charge in [0.2, 0.25) is 11.8 Å². The van der Waals surface area contributed by atoms with Crippen molar-refractivity contribution in [1.82, 2.24) is 19.7 Å². The van der Waals surface area contributed by atoms with Crippen LogP contribution in [0.15, 0.2) is 17.4 Å². The van der Waals surface area contributed by atoms with E-state index in [1.165, 1.54) is 12.4 Å². The van der Waals surface area contributed by atoms with E-state index in [-0.39, 0.29) is 11.8 Å². The van der Waals surface area contributed by atoms with Crippen LogP contribution in [0.25, 0.3) is 0 Å². The van der Waals surface area contributed by atoms with Crippen LogP contribution >= 0.6 is 0 Å². The maximum absolute atomic E-state index is 12.3. The first kappa shape index (κ1) is 15.8. The Morgan fingerprint density at radius 3 is 2.82 bits per heavy atom. The fourth-order valence-electron chi connectivity index (χ4n) is 1.66. The maximum Gasteiger partial charge on any atom is 0.272 e. The number of ether oxygens (including phenoxy) is 1. The SMILES string of the molecule is CN=Cc1cnc(Nc2cnn(C)c2C)nc1OCC(F)F. The van der Waals surface area contributed by atoms with Gasteiger partial charge in [-0.25, -0.2) is 13.8 Å². The van der Waals surface area contributed by atoms with E-state index in [4.69, 9.17) is 4.74 Å². The van der Waals surface area contributed by atoms with Crippen molar-refractivity contribution in [1.29, 1.82) is 0 Å². The summed E-state index contributed by atoms with van der Waals surface area (Å²) in [4.78, 5) is 12.0. The number of aryl methyl sites for hydroxylation is 1. The molecule has 0 aliphatic rings. The van der Waals surface area contributed by atoms with Gasteiger partial charge in [0.05, 0.1) is 23.1 Å². The van der Waals surface area contributed by atoms with E-state index in [0.717, 1.165) is 11.4 Å². The van der Waals surface area contributed by atoms with E-state index >= 15 is 0 Å². The quantitative estimate of drug-likeness (QED) is 0.825. The Bertz CT molecular complexity index is 671. The zero-order valence-electron chi connectivity index (χ0n) is 12.4. The fourth-order valence-corrected chi connectivity index (χ4v) is 1.66. The van der Waals surface area contributed by atoms with Crippen LogP contribution in [0.4, 0.5) is 20.4 Å². The first-order chi connectivity index (χ1) is 10.5. The van der Waals surface area contributed by atoms with Crippen molar-refractivity contribution in [2.24, 2.45) is 12.0 Å². The van der Waals surface area contributed by atoms with Crippen LogP contribution in [-0.4, -0.2) is 46.0 Å². The second kappa shape index (κ2) is 6.92. The van der Waals surface area contributed by atoms with E-state index < -0.39 is 13.0 Å². The minimum Gasteiger partial charge on any atom is -0.471 e. The third kappa shape index (κ3) is 3.74. The van der Waals surface area contributed by atoms with Crippen LogP contribution in [0, 0.1) is 6.92 Å². The highest BCUT2D eigenvalue weighted by Gasteiger charge is 2.12. The van der Waals surface area contributed by atoms with Gasteiger partial charge in [-0.05, 0) is 6.92 Å². The Hall–Kier alpha value is -2.58. The summed E-state index contributed by atoms with van der Waals surface area (Å²) >= 11 is 0. The highest BCUT2D eigenvalue weighted by atomic mass is 19.3. The van der Waals surface area contributed by atoms with Gasteiger partial charge in [0.15, 0.2) is 6.61 Å². The molecule has 0 radical (unpaired) electrons. The molecule has 0 aliphatic heterocycles. The molecule has 7 nitrogen and oxygen atoms in total. The van der Waals surface area contributed by atoms with Gasteiger partial charge in [-0.1, -0.05) is 0 Å². The van der Waals surface area contributed by atoms with Crippen molar-refractivity contribution in [3.05, 3.63) is 23.7 Å². The molecular formula is C13H16F2N6O. The first-order valence-corrected chi connectivity index (χ1v) is 6.47. The predicted octanol–water partition coefficient (Wildman–Crippen LogP) is 1.95. The van der Waals surface area contributed by atoms with Gasteiger partial charge in [-0.2, -0.15) is 10.1 Å². The Labute approximate surface area is 126 Å². The zero-order valence-corrected chi connectivity index (χ0v) is 12.4. The average molecular weight is 310 g/mol. The molecule has 0 amide bonds. The number of aromatic nitrogens is 4. The Morgan fingerprint density at radius 2 is 2.23 bits per heavy atom. The van der Waals surface area contributed by atoms with Crippen LogP contribution in [0.2, 0.25) is 0 Å². The summed E-state index contributed by atoms with van der Waals surface area (Å²) in [5.74, 6) is 0.276. The number of aliphatic imine (C=N–C) groups is 1. The number of nitrogens with zero attached hydrogens (tertiary/aromatic N) is 5. The summed E-state index contributed by atoms with van der Waals surface area (Å²) in [5.41, 5.74) is 2.04. The third-order valence-electron chi connectivity index (χ3n) is 2.88. The Balaban J connectivity index is 2.25. The summed E-state index contributed by atoms with van der Waals surface area (Å²) in [6, 6.07) is 0. The van der Waals surface area contributed by atoms with Crippen LogP contribution < -0.4 is 10.1 Å². The van der Waals surface area contributed by atoms with E-state index in [9.17, 15) is 8.78 Å². The van der Waals surface area contributed by atoms with Gasteiger partial charge in [-0.15, -0.1) is 0 Å². The highest BCUT2D eigenvalue weighted by Crippen LogP contribution is 2.20. The molecule has 2 aromatic heterocycles. The van der Waals surface area contributed by atoms with Crippen molar-refractivity contribution >= 4 is 17.9 Å². The number of nitrogens with one attached hydrogen (secondary N) is 1. The minimum atomic E-state index is -2.58. The van der Waals surface area contributed by atoms with Crippen LogP contribution in [0.5, 0.6) is 5.88 Å². The lowest BCUT2D eigenvalue weighted by atomic mass is 10.3. The number of alkyl halides is 2. The molecule has 0 bridgehead atoms. The molecule has 0 unspecified atom stereocenters. The molecule has 0 saturated heterocycles. The standard InChI is InChI=1S/C13H16F2N6O/c1-8-10(6-18-21(8)3)19-13-17-5-9(4-16-2)12(20-13)22-7-11(14)15/h4-6,11H,7H2,1-3H3,(H,17,19,20). The van der Waals surface area contributed by atoms with Gasteiger partial charge >= 0.3 is 0 Å². The first-order valence-electron chi connectivity index (χ1n) is 6.47. The molecular weight excluding hydrogens is 294 g/mol. The molecule has 0 spiro atoms. The molecule has 0 fully saturated rings. The molecule has 1 N–H and O–H groups in total. The van der Waals surface area contributed by atoms with Crippen molar-refractivity contribution < 1.29 is 13.5 Å². The molecule has 118 valence electrons. The number of anilines is 2. The van der Waals surface area contributed by atoms with E-state index in [0.29, 0.717) is 5.56 Å². The summed E-state index contributed by atoms with van der Waals surface area (Å²) in [6.45, 7) is 1.13. The largest absolute Gasteiger partial charge is 0.471 e. The monoisotopic (exact) mass is 310 g/mol. The highest BCUT2D eigenvalue weighted by molar-refractivity contribution is 5.82. The van der Waals surface area contributed by atoms with Gasteiger partial charge < -0.3 is 10.1 Å². The van der Waals surface area contributed by atoms with Gasteiger partial charge in [0.1, 0.15) is 0 Å². The van der Waals surface area contributed by atoms with Gasteiger partial charge in [0, 0.05) is 26.5 Å². The molecule has 2 rings (SSSR count). The van der Waals surface area contributed by atoms with E-state index in [1.807, 2.05) is 6.92 Å². The molecule has 0 atom stereocenters. The van der Waals surface area contributed by atoms with E-state index in [1.54, 1.807) is 25.0 Å². The molecule has 2 heterocycles. The van der Waals surface area contributed by atoms with Crippen molar-refractivity contribution in [3.8, 4) is 5.88 Å². The fraction of sp³-hybridized carbons (Fsp3) is 0.385. The predicted molar refractivity (Wildman–Crippen MR) is 78.3 cm³/mol. The zero-order chi connectivity index (χ0) is 16.1. The third-order valence-corrected chi connectivity index (χ3v) is 2.88. The van der Waals surface area contributed by atoms with Crippen molar-refractivity contribution in [3.63, 3.8) is 0 Å². The van der Waals surface area contributed by atoms with Crippen molar-refractivity contribution in [2.45, 2.75) is 13.3 Å². The average Bonchev–Trinajstić information content (AvgIpc) is 2.79. The smallest absolute Gasteiger partial charge is 0.272 e. The van der Waals surface area contributed by atoms with E-state index in [2.05, 4.69) is 25.4 Å². The summed E-state index contributed by atoms with van der Waals surface area (Å²) < 4.78 is 31.3. The molecule has 0 saturated carbocycles. The number of halogens is 2. The van der Waals surface area contributed by atoms with Gasteiger partial charge in [-0.3, -0.25) is 9.67 Å². The lowest BCUT2D eigenvalue weighted by molar-refractivity contribution is 0.0795. The second-order valence-corrected chi connectivity index (χ2v) is 4.44. The summed E-state index contributed by atoms with van der Waals surface area (Å²) in [7, 11) is 3.36. The Morgan fingerprint density at radius 1 is 1.45 bits per heavy atom. The van der Waals surface area contributed by atoms with Crippen LogP contribution in [-0.2, 0) is 7.05 Å². The maximum atomic E-state index is 12.3. The Kier molecular flexibility index (Phi) is 4.97. The van der Waals surface area contributed by atoms with Crippen LogP contribution in [0.3, 0.4) is 0 Å². The topological polar surface area (TPSA) is 77.2 Å². The number of rotatable bonds is 6. The normalized spacial score (nSPS) is 11.4. The molecule has 0 aliphatic carbocycles. The summed E-state index contributed by atoms with van der Waals surface area (Å²) in [5, 5.41) is 7.06. The molecule has 22 heavy (non-hydrogen) atoms. The number of hydrogen-bond donors (Lipinski definition) is 1. The lowest BCUT2D eigenvalue weighted by Gasteiger charge is -2.10. The number of hydrogen-bond acceptors (Lipinski definition) is 6. The summed E-state index contributed by atoms with van der Waals surface area (Å²) in [6.07, 6.45) is 1.94. The molecule has 2 aromatic rings.